The molecule has 0 radical (unpaired) electrons. The van der Waals surface area contributed by atoms with Crippen LogP contribution in [0.1, 0.15) is 12.0 Å². The molecule has 1 nitrogen and oxygen atoms in total. The Morgan fingerprint density at radius 2 is 2.06 bits per heavy atom. The Bertz CT molecular complexity index is 409. The first-order valence-corrected chi connectivity index (χ1v) is 4.95. The van der Waals surface area contributed by atoms with Crippen LogP contribution in [0, 0.1) is 17.7 Å². The number of hydrogen-bond donors (Lipinski definition) is 0. The van der Waals surface area contributed by atoms with Crippen LogP contribution in [0.5, 0.6) is 5.75 Å². The highest BCUT2D eigenvalue weighted by atomic mass is 35.5. The van der Waals surface area contributed by atoms with Gasteiger partial charge < -0.3 is 4.74 Å². The topological polar surface area (TPSA) is 9.23 Å². The van der Waals surface area contributed by atoms with E-state index in [1.165, 1.54) is 6.07 Å². The fourth-order valence-corrected chi connectivity index (χ4v) is 1.11. The summed E-state index contributed by atoms with van der Waals surface area (Å²) in [4.78, 5) is 0. The van der Waals surface area contributed by atoms with Crippen LogP contribution >= 0.6 is 11.6 Å². The largest absolute Gasteiger partial charge is 0.435 e. The molecule has 0 aliphatic rings. The standard InChI is InChI=1S/C11H8ClF3O/c12-4-2-1-3-8-5-9(13)7-10(6-8)16-11(14)15/h5-7,11H,2,4H2. The van der Waals surface area contributed by atoms with Gasteiger partial charge in [-0.3, -0.25) is 0 Å². The number of rotatable bonds is 3. The van der Waals surface area contributed by atoms with E-state index in [0.717, 1.165) is 12.1 Å². The number of ether oxygens (including phenoxy) is 1. The normalized spacial score (nSPS) is 9.81. The van der Waals surface area contributed by atoms with Crippen LogP contribution in [-0.4, -0.2) is 12.5 Å². The van der Waals surface area contributed by atoms with Crippen LogP contribution in [-0.2, 0) is 0 Å². The van der Waals surface area contributed by atoms with Gasteiger partial charge in [-0.2, -0.15) is 8.78 Å². The summed E-state index contributed by atoms with van der Waals surface area (Å²) in [7, 11) is 0. The van der Waals surface area contributed by atoms with Crippen LogP contribution in [0.15, 0.2) is 18.2 Å². The summed E-state index contributed by atoms with van der Waals surface area (Å²) >= 11 is 5.40. The SMILES string of the molecule is Fc1cc(C#CCCCl)cc(OC(F)F)c1. The third-order valence-electron chi connectivity index (χ3n) is 1.55. The smallest absolute Gasteiger partial charge is 0.387 e. The van der Waals surface area contributed by atoms with E-state index < -0.39 is 12.4 Å². The molecule has 0 amide bonds. The van der Waals surface area contributed by atoms with Crippen LogP contribution in [0.3, 0.4) is 0 Å². The summed E-state index contributed by atoms with van der Waals surface area (Å²) in [6.07, 6.45) is 0.448. The molecule has 0 saturated carbocycles. The van der Waals surface area contributed by atoms with Gasteiger partial charge in [-0.1, -0.05) is 11.8 Å². The average molecular weight is 249 g/mol. The van der Waals surface area contributed by atoms with Crippen molar-refractivity contribution in [1.82, 2.24) is 0 Å². The fraction of sp³-hybridized carbons (Fsp3) is 0.273. The molecule has 0 unspecified atom stereocenters. The summed E-state index contributed by atoms with van der Waals surface area (Å²) in [5.41, 5.74) is 0.278. The van der Waals surface area contributed by atoms with Crippen molar-refractivity contribution in [3.63, 3.8) is 0 Å². The van der Waals surface area contributed by atoms with Gasteiger partial charge in [0.25, 0.3) is 0 Å². The Balaban J connectivity index is 2.86. The molecule has 1 aromatic rings. The van der Waals surface area contributed by atoms with Gasteiger partial charge in [0.1, 0.15) is 11.6 Å². The number of hydrogen-bond acceptors (Lipinski definition) is 1. The van der Waals surface area contributed by atoms with Crippen molar-refractivity contribution >= 4 is 11.6 Å². The van der Waals surface area contributed by atoms with E-state index in [1.807, 2.05) is 0 Å². The molecule has 16 heavy (non-hydrogen) atoms. The predicted octanol–water partition coefficient (Wildman–Crippen LogP) is 3.41. The first-order chi connectivity index (χ1) is 7.61. The Morgan fingerprint density at radius 1 is 1.31 bits per heavy atom. The molecule has 0 atom stereocenters. The maximum absolute atomic E-state index is 13.0. The summed E-state index contributed by atoms with van der Waals surface area (Å²) in [6.45, 7) is -2.98. The average Bonchev–Trinajstić information content (AvgIpc) is 2.16. The summed E-state index contributed by atoms with van der Waals surface area (Å²) < 4.78 is 40.8. The van der Waals surface area contributed by atoms with Gasteiger partial charge in [0, 0.05) is 23.9 Å². The van der Waals surface area contributed by atoms with Gasteiger partial charge in [-0.15, -0.1) is 11.6 Å². The minimum absolute atomic E-state index is 0.245. The van der Waals surface area contributed by atoms with Crippen molar-refractivity contribution in [2.24, 2.45) is 0 Å². The third kappa shape index (κ3) is 4.45. The van der Waals surface area contributed by atoms with Crippen molar-refractivity contribution in [2.75, 3.05) is 5.88 Å². The molecule has 0 aromatic heterocycles. The van der Waals surface area contributed by atoms with Crippen molar-refractivity contribution < 1.29 is 17.9 Å². The molecule has 0 aliphatic heterocycles. The first kappa shape index (κ1) is 12.7. The van der Waals surface area contributed by atoms with Crippen LogP contribution in [0.25, 0.3) is 0 Å². The van der Waals surface area contributed by atoms with Gasteiger partial charge in [0.15, 0.2) is 0 Å². The lowest BCUT2D eigenvalue weighted by atomic mass is 10.2. The fourth-order valence-electron chi connectivity index (χ4n) is 1.02. The highest BCUT2D eigenvalue weighted by molar-refractivity contribution is 6.18. The molecule has 0 fully saturated rings. The van der Waals surface area contributed by atoms with Crippen molar-refractivity contribution in [3.8, 4) is 17.6 Å². The number of halogens is 4. The highest BCUT2D eigenvalue weighted by Crippen LogP contribution is 2.18. The minimum atomic E-state index is -2.98. The van der Waals surface area contributed by atoms with Crippen LogP contribution in [0.4, 0.5) is 13.2 Å². The molecule has 0 heterocycles. The van der Waals surface area contributed by atoms with Crippen LogP contribution in [0.2, 0.25) is 0 Å². The molecule has 0 bridgehead atoms. The van der Waals surface area contributed by atoms with E-state index >= 15 is 0 Å². The maximum Gasteiger partial charge on any atom is 0.387 e. The Hall–Kier alpha value is -1.34. The predicted molar refractivity (Wildman–Crippen MR) is 55.2 cm³/mol. The van der Waals surface area contributed by atoms with E-state index in [-0.39, 0.29) is 11.3 Å². The summed E-state index contributed by atoms with van der Waals surface area (Å²) in [5.74, 6) is 4.71. The molecular weight excluding hydrogens is 241 g/mol. The second-order valence-corrected chi connectivity index (χ2v) is 3.17. The lowest BCUT2D eigenvalue weighted by Gasteiger charge is -2.04. The van der Waals surface area contributed by atoms with E-state index in [1.54, 1.807) is 0 Å². The summed E-state index contributed by atoms with van der Waals surface area (Å²) in [5, 5.41) is 0. The van der Waals surface area contributed by atoms with E-state index in [4.69, 9.17) is 11.6 Å². The lowest BCUT2D eigenvalue weighted by Crippen LogP contribution is -2.02. The quantitative estimate of drug-likeness (QED) is 0.588. The van der Waals surface area contributed by atoms with Crippen molar-refractivity contribution in [3.05, 3.63) is 29.6 Å². The molecule has 1 aromatic carbocycles. The molecular formula is C11H8ClF3O. The molecule has 0 aliphatic carbocycles. The second kappa shape index (κ2) is 6.29. The van der Waals surface area contributed by atoms with E-state index in [9.17, 15) is 13.2 Å². The highest BCUT2D eigenvalue weighted by Gasteiger charge is 2.06. The van der Waals surface area contributed by atoms with Crippen LogP contribution < -0.4 is 4.74 Å². The molecule has 5 heteroatoms. The molecule has 86 valence electrons. The molecule has 0 saturated heterocycles. The van der Waals surface area contributed by atoms with Gasteiger partial charge in [0.2, 0.25) is 0 Å². The molecule has 0 spiro atoms. The monoisotopic (exact) mass is 248 g/mol. The van der Waals surface area contributed by atoms with Gasteiger partial charge in [-0.25, -0.2) is 4.39 Å². The van der Waals surface area contributed by atoms with E-state index in [0.29, 0.717) is 12.3 Å². The van der Waals surface area contributed by atoms with Gasteiger partial charge >= 0.3 is 6.61 Å². The van der Waals surface area contributed by atoms with Crippen molar-refractivity contribution in [2.45, 2.75) is 13.0 Å². The zero-order valence-corrected chi connectivity index (χ0v) is 8.90. The van der Waals surface area contributed by atoms with E-state index in [2.05, 4.69) is 16.6 Å². The zero-order valence-electron chi connectivity index (χ0n) is 8.14. The van der Waals surface area contributed by atoms with Crippen molar-refractivity contribution in [1.29, 1.82) is 0 Å². The number of benzene rings is 1. The number of alkyl halides is 3. The molecule has 0 N–H and O–H groups in total. The Kier molecular flexibility index (Phi) is 5.00. The second-order valence-electron chi connectivity index (χ2n) is 2.79. The third-order valence-corrected chi connectivity index (χ3v) is 1.74. The van der Waals surface area contributed by atoms with Gasteiger partial charge in [0.05, 0.1) is 0 Å². The Morgan fingerprint density at radius 3 is 2.69 bits per heavy atom. The zero-order chi connectivity index (χ0) is 12.0. The summed E-state index contributed by atoms with van der Waals surface area (Å²) in [6, 6.07) is 3.26. The minimum Gasteiger partial charge on any atom is -0.435 e. The maximum atomic E-state index is 13.0. The lowest BCUT2D eigenvalue weighted by molar-refractivity contribution is -0.0500. The van der Waals surface area contributed by atoms with Gasteiger partial charge in [-0.05, 0) is 12.1 Å². The Labute approximate surface area is 96.2 Å². The first-order valence-electron chi connectivity index (χ1n) is 4.42. The molecule has 1 rings (SSSR count).